The highest BCUT2D eigenvalue weighted by atomic mass is 35.5. The summed E-state index contributed by atoms with van der Waals surface area (Å²) in [6.45, 7) is 2.53. The molecule has 0 amide bonds. The van der Waals surface area contributed by atoms with Crippen LogP contribution in [0.15, 0.2) is 36.4 Å². The Balaban J connectivity index is 2.54. The van der Waals surface area contributed by atoms with E-state index in [1.54, 1.807) is 42.5 Å². The van der Waals surface area contributed by atoms with Gasteiger partial charge in [-0.1, -0.05) is 24.6 Å². The van der Waals surface area contributed by atoms with Gasteiger partial charge < -0.3 is 19.3 Å². The van der Waals surface area contributed by atoms with Gasteiger partial charge in [0.15, 0.2) is 11.5 Å². The SMILES string of the molecule is CCCOc1ccc(Cl)cc1/C=C(\C(=O)O)c1ccc(OC)c(OC)c1. The minimum absolute atomic E-state index is 0.0922. The van der Waals surface area contributed by atoms with Crippen LogP contribution in [0.4, 0.5) is 0 Å². The molecule has 0 aliphatic carbocycles. The molecule has 26 heavy (non-hydrogen) atoms. The first-order chi connectivity index (χ1) is 12.5. The zero-order chi connectivity index (χ0) is 19.1. The average molecular weight is 377 g/mol. The van der Waals surface area contributed by atoms with Gasteiger partial charge in [0.05, 0.1) is 26.4 Å². The summed E-state index contributed by atoms with van der Waals surface area (Å²) in [4.78, 5) is 11.9. The maximum absolute atomic E-state index is 11.9. The van der Waals surface area contributed by atoms with Crippen LogP contribution in [0.5, 0.6) is 17.2 Å². The number of halogens is 1. The topological polar surface area (TPSA) is 65.0 Å². The second-order valence-electron chi connectivity index (χ2n) is 5.46. The minimum Gasteiger partial charge on any atom is -0.493 e. The number of ether oxygens (including phenoxy) is 3. The summed E-state index contributed by atoms with van der Waals surface area (Å²) in [6.07, 6.45) is 2.38. The predicted molar refractivity (Wildman–Crippen MR) is 102 cm³/mol. The van der Waals surface area contributed by atoms with E-state index in [-0.39, 0.29) is 5.57 Å². The maximum Gasteiger partial charge on any atom is 0.336 e. The summed E-state index contributed by atoms with van der Waals surface area (Å²) in [7, 11) is 3.02. The van der Waals surface area contributed by atoms with Crippen LogP contribution < -0.4 is 14.2 Å². The number of methoxy groups -OCH3 is 2. The van der Waals surface area contributed by atoms with Crippen LogP contribution in [0.25, 0.3) is 11.6 Å². The number of carboxylic acid groups (broad SMARTS) is 1. The van der Waals surface area contributed by atoms with Gasteiger partial charge in [0, 0.05) is 10.6 Å². The van der Waals surface area contributed by atoms with E-state index in [0.29, 0.717) is 40.0 Å². The molecule has 0 unspecified atom stereocenters. The molecule has 0 aliphatic heterocycles. The molecule has 0 aromatic heterocycles. The van der Waals surface area contributed by atoms with Crippen molar-refractivity contribution < 1.29 is 24.1 Å². The van der Waals surface area contributed by atoms with E-state index in [2.05, 4.69) is 0 Å². The summed E-state index contributed by atoms with van der Waals surface area (Å²) in [6, 6.07) is 10.1. The lowest BCUT2D eigenvalue weighted by molar-refractivity contribution is -0.130. The van der Waals surface area contributed by atoms with Crippen molar-refractivity contribution in [2.45, 2.75) is 13.3 Å². The Labute approximate surface area is 157 Å². The molecule has 5 nitrogen and oxygen atoms in total. The second-order valence-corrected chi connectivity index (χ2v) is 5.90. The van der Waals surface area contributed by atoms with Gasteiger partial charge in [-0.05, 0) is 48.4 Å². The fraction of sp³-hybridized carbons (Fsp3) is 0.250. The minimum atomic E-state index is -1.07. The third kappa shape index (κ3) is 4.70. The van der Waals surface area contributed by atoms with Crippen molar-refractivity contribution in [3.05, 3.63) is 52.5 Å². The quantitative estimate of drug-likeness (QED) is 0.531. The Morgan fingerprint density at radius 1 is 1.08 bits per heavy atom. The van der Waals surface area contributed by atoms with Crippen LogP contribution in [0.3, 0.4) is 0 Å². The highest BCUT2D eigenvalue weighted by Crippen LogP contribution is 2.33. The summed E-state index contributed by atoms with van der Waals surface area (Å²) < 4.78 is 16.2. The number of aliphatic carboxylic acids is 1. The van der Waals surface area contributed by atoms with Crippen LogP contribution in [-0.2, 0) is 4.79 Å². The van der Waals surface area contributed by atoms with E-state index in [1.165, 1.54) is 14.2 Å². The van der Waals surface area contributed by atoms with Gasteiger partial charge >= 0.3 is 5.97 Å². The Kier molecular flexibility index (Phi) is 6.92. The Morgan fingerprint density at radius 2 is 1.77 bits per heavy atom. The van der Waals surface area contributed by atoms with Crippen molar-refractivity contribution in [1.82, 2.24) is 0 Å². The first-order valence-corrected chi connectivity index (χ1v) is 8.47. The number of hydrogen-bond acceptors (Lipinski definition) is 4. The number of hydrogen-bond donors (Lipinski definition) is 1. The molecule has 2 aromatic rings. The molecule has 0 fully saturated rings. The highest BCUT2D eigenvalue weighted by Gasteiger charge is 2.15. The Bertz CT molecular complexity index is 814. The normalized spacial score (nSPS) is 11.2. The van der Waals surface area contributed by atoms with Crippen molar-refractivity contribution in [1.29, 1.82) is 0 Å². The molecule has 138 valence electrons. The number of rotatable bonds is 8. The smallest absolute Gasteiger partial charge is 0.336 e. The van der Waals surface area contributed by atoms with E-state index < -0.39 is 5.97 Å². The highest BCUT2D eigenvalue weighted by molar-refractivity contribution is 6.31. The second kappa shape index (κ2) is 9.15. The molecule has 0 saturated carbocycles. The van der Waals surface area contributed by atoms with Gasteiger partial charge in [-0.15, -0.1) is 0 Å². The van der Waals surface area contributed by atoms with E-state index in [1.807, 2.05) is 6.92 Å². The fourth-order valence-corrected chi connectivity index (χ4v) is 2.58. The molecule has 0 heterocycles. The summed E-state index contributed by atoms with van der Waals surface area (Å²) >= 11 is 6.08. The van der Waals surface area contributed by atoms with Gasteiger partial charge in [0.2, 0.25) is 0 Å². The lowest BCUT2D eigenvalue weighted by Gasteiger charge is -2.12. The van der Waals surface area contributed by atoms with Crippen molar-refractivity contribution >= 4 is 29.2 Å². The number of carboxylic acids is 1. The first kappa shape index (κ1) is 19.7. The van der Waals surface area contributed by atoms with Gasteiger partial charge in [-0.2, -0.15) is 0 Å². The van der Waals surface area contributed by atoms with E-state index in [9.17, 15) is 9.90 Å². The molecule has 0 spiro atoms. The van der Waals surface area contributed by atoms with Crippen LogP contribution in [-0.4, -0.2) is 31.9 Å². The molecule has 0 atom stereocenters. The van der Waals surface area contributed by atoms with Gasteiger partial charge in [-0.3, -0.25) is 0 Å². The van der Waals surface area contributed by atoms with Gasteiger partial charge in [0.25, 0.3) is 0 Å². The summed E-state index contributed by atoms with van der Waals surface area (Å²) in [5, 5.41) is 10.2. The average Bonchev–Trinajstić information content (AvgIpc) is 2.64. The van der Waals surface area contributed by atoms with E-state index in [0.717, 1.165) is 6.42 Å². The molecule has 6 heteroatoms. The van der Waals surface area contributed by atoms with E-state index in [4.69, 9.17) is 25.8 Å². The van der Waals surface area contributed by atoms with Crippen molar-refractivity contribution in [2.75, 3.05) is 20.8 Å². The lowest BCUT2D eigenvalue weighted by atomic mass is 10.0. The number of carbonyl (C=O) groups is 1. The van der Waals surface area contributed by atoms with E-state index >= 15 is 0 Å². The fourth-order valence-electron chi connectivity index (χ4n) is 2.40. The Hall–Kier alpha value is -2.66. The third-order valence-electron chi connectivity index (χ3n) is 3.66. The van der Waals surface area contributed by atoms with Crippen LogP contribution >= 0.6 is 11.6 Å². The van der Waals surface area contributed by atoms with Crippen molar-refractivity contribution in [2.24, 2.45) is 0 Å². The van der Waals surface area contributed by atoms with Gasteiger partial charge in [0.1, 0.15) is 5.75 Å². The molecular weight excluding hydrogens is 356 g/mol. The molecular formula is C20H21ClO5. The standard InChI is InChI=1S/C20H21ClO5/c1-4-9-26-17-8-6-15(21)10-14(17)11-16(20(22)23)13-5-7-18(24-2)19(12-13)25-3/h5-8,10-12H,4,9H2,1-3H3,(H,22,23)/b16-11-. The number of benzene rings is 2. The summed E-state index contributed by atoms with van der Waals surface area (Å²) in [5.74, 6) is 0.482. The molecule has 2 rings (SSSR count). The van der Waals surface area contributed by atoms with Gasteiger partial charge in [-0.25, -0.2) is 4.79 Å². The monoisotopic (exact) mass is 376 g/mol. The molecule has 0 radical (unpaired) electrons. The molecule has 2 aromatic carbocycles. The zero-order valence-corrected chi connectivity index (χ0v) is 15.7. The molecule has 1 N–H and O–H groups in total. The summed E-state index contributed by atoms with van der Waals surface area (Å²) in [5.41, 5.74) is 1.17. The lowest BCUT2D eigenvalue weighted by Crippen LogP contribution is -2.02. The molecule has 0 bridgehead atoms. The third-order valence-corrected chi connectivity index (χ3v) is 3.89. The maximum atomic E-state index is 11.9. The van der Waals surface area contributed by atoms with Crippen LogP contribution in [0, 0.1) is 0 Å². The van der Waals surface area contributed by atoms with Crippen molar-refractivity contribution in [3.8, 4) is 17.2 Å². The largest absolute Gasteiger partial charge is 0.493 e. The van der Waals surface area contributed by atoms with Crippen molar-refractivity contribution in [3.63, 3.8) is 0 Å². The Morgan fingerprint density at radius 3 is 2.38 bits per heavy atom. The first-order valence-electron chi connectivity index (χ1n) is 8.09. The van der Waals surface area contributed by atoms with Crippen LogP contribution in [0.1, 0.15) is 24.5 Å². The van der Waals surface area contributed by atoms with Crippen LogP contribution in [0.2, 0.25) is 5.02 Å². The molecule has 0 aliphatic rings. The predicted octanol–water partition coefficient (Wildman–Crippen LogP) is 4.77. The molecule has 0 saturated heterocycles. The zero-order valence-electron chi connectivity index (χ0n) is 14.9.